The van der Waals surface area contributed by atoms with Crippen LogP contribution in [-0.4, -0.2) is 6.03 Å². The number of carbonyl (C=O) groups excluding carboxylic acids is 1. The number of anilines is 2. The summed E-state index contributed by atoms with van der Waals surface area (Å²) in [5.41, 5.74) is 1.66. The van der Waals surface area contributed by atoms with Gasteiger partial charge in [-0.3, -0.25) is 5.32 Å². The predicted molar refractivity (Wildman–Crippen MR) is 68.1 cm³/mol. The zero-order valence-corrected chi connectivity index (χ0v) is 9.98. The topological polar surface area (TPSA) is 41.1 Å². The number of aryl methyl sites for hydroxylation is 1. The van der Waals surface area contributed by atoms with Gasteiger partial charge in [0.05, 0.1) is 5.00 Å². The number of halogens is 1. The van der Waals surface area contributed by atoms with Crippen LogP contribution in [0.3, 0.4) is 0 Å². The number of hydrogen-bond acceptors (Lipinski definition) is 2. The number of thiophene rings is 1. The summed E-state index contributed by atoms with van der Waals surface area (Å²) < 4.78 is 12.6. The van der Waals surface area contributed by atoms with Crippen LogP contribution < -0.4 is 10.6 Å². The minimum Gasteiger partial charge on any atom is -0.308 e. The summed E-state index contributed by atoms with van der Waals surface area (Å²) in [6, 6.07) is 7.16. The van der Waals surface area contributed by atoms with Gasteiger partial charge in [0, 0.05) is 5.69 Å². The molecule has 0 atom stereocenters. The van der Waals surface area contributed by atoms with Crippen molar-refractivity contribution < 1.29 is 9.18 Å². The monoisotopic (exact) mass is 250 g/mol. The van der Waals surface area contributed by atoms with Gasteiger partial charge < -0.3 is 5.32 Å². The SMILES string of the molecule is Cc1csc(NC(=O)Nc2ccc(F)cc2)c1. The number of benzene rings is 1. The Bertz CT molecular complexity index is 522. The number of carbonyl (C=O) groups is 1. The first-order chi connectivity index (χ1) is 8.13. The molecule has 0 aliphatic rings. The molecule has 0 aliphatic heterocycles. The standard InChI is InChI=1S/C12H11FN2OS/c1-8-6-11(17-7-8)15-12(16)14-10-4-2-9(13)3-5-10/h2-7H,1H3,(H2,14,15,16). The highest BCUT2D eigenvalue weighted by Crippen LogP contribution is 2.19. The quantitative estimate of drug-likeness (QED) is 0.835. The fourth-order valence-corrected chi connectivity index (χ4v) is 2.09. The van der Waals surface area contributed by atoms with Crippen molar-refractivity contribution in [2.75, 3.05) is 10.6 Å². The minimum atomic E-state index is -0.335. The maximum absolute atomic E-state index is 12.6. The highest BCUT2D eigenvalue weighted by atomic mass is 32.1. The summed E-state index contributed by atoms with van der Waals surface area (Å²) in [5, 5.41) is 8.05. The Morgan fingerprint density at radius 2 is 1.94 bits per heavy atom. The Hall–Kier alpha value is -1.88. The molecule has 2 aromatic rings. The second kappa shape index (κ2) is 4.97. The van der Waals surface area contributed by atoms with Crippen molar-refractivity contribution in [2.24, 2.45) is 0 Å². The molecule has 3 nitrogen and oxygen atoms in total. The van der Waals surface area contributed by atoms with Crippen LogP contribution in [0, 0.1) is 12.7 Å². The van der Waals surface area contributed by atoms with E-state index in [2.05, 4.69) is 10.6 Å². The number of nitrogens with one attached hydrogen (secondary N) is 2. The second-order valence-corrected chi connectivity index (χ2v) is 4.49. The molecule has 1 heterocycles. The van der Waals surface area contributed by atoms with Crippen molar-refractivity contribution in [2.45, 2.75) is 6.92 Å². The van der Waals surface area contributed by atoms with Crippen molar-refractivity contribution in [3.63, 3.8) is 0 Å². The maximum Gasteiger partial charge on any atom is 0.324 e. The molecular formula is C12H11FN2OS. The summed E-state index contributed by atoms with van der Waals surface area (Å²) in [5.74, 6) is -0.329. The normalized spacial score (nSPS) is 10.0. The predicted octanol–water partition coefficient (Wildman–Crippen LogP) is 3.84. The zero-order chi connectivity index (χ0) is 12.3. The van der Waals surface area contributed by atoms with Gasteiger partial charge in [-0.2, -0.15) is 0 Å². The van der Waals surface area contributed by atoms with Gasteiger partial charge in [-0.1, -0.05) is 0 Å². The first kappa shape index (κ1) is 11.6. The first-order valence-corrected chi connectivity index (χ1v) is 5.90. The van der Waals surface area contributed by atoms with E-state index >= 15 is 0 Å². The van der Waals surface area contributed by atoms with Gasteiger partial charge in [0.15, 0.2) is 0 Å². The van der Waals surface area contributed by atoms with Crippen LogP contribution in [0.25, 0.3) is 0 Å². The van der Waals surface area contributed by atoms with E-state index in [-0.39, 0.29) is 11.8 Å². The molecule has 0 saturated carbocycles. The molecule has 88 valence electrons. The van der Waals surface area contributed by atoms with Gasteiger partial charge in [-0.05, 0) is 48.2 Å². The molecule has 2 rings (SSSR count). The number of urea groups is 1. The maximum atomic E-state index is 12.6. The van der Waals surface area contributed by atoms with Crippen molar-refractivity contribution in [1.82, 2.24) is 0 Å². The highest BCUT2D eigenvalue weighted by molar-refractivity contribution is 7.14. The lowest BCUT2D eigenvalue weighted by atomic mass is 10.3. The van der Waals surface area contributed by atoms with E-state index in [1.54, 1.807) is 0 Å². The van der Waals surface area contributed by atoms with Crippen molar-refractivity contribution in [1.29, 1.82) is 0 Å². The average molecular weight is 250 g/mol. The minimum absolute atomic E-state index is 0.329. The smallest absolute Gasteiger partial charge is 0.308 e. The lowest BCUT2D eigenvalue weighted by Crippen LogP contribution is -2.18. The van der Waals surface area contributed by atoms with Gasteiger partial charge in [0.2, 0.25) is 0 Å². The van der Waals surface area contributed by atoms with Crippen LogP contribution in [-0.2, 0) is 0 Å². The van der Waals surface area contributed by atoms with Gasteiger partial charge >= 0.3 is 6.03 Å². The molecule has 0 saturated heterocycles. The number of hydrogen-bond donors (Lipinski definition) is 2. The summed E-state index contributed by atoms with van der Waals surface area (Å²) >= 11 is 1.46. The van der Waals surface area contributed by atoms with Crippen molar-refractivity contribution in [3.05, 3.63) is 47.1 Å². The van der Waals surface area contributed by atoms with E-state index in [9.17, 15) is 9.18 Å². The number of rotatable bonds is 2. The summed E-state index contributed by atoms with van der Waals surface area (Å²) in [6.45, 7) is 1.96. The Labute approximate surface area is 102 Å². The van der Waals surface area contributed by atoms with Crippen LogP contribution in [0.2, 0.25) is 0 Å². The molecule has 0 aliphatic carbocycles. The fourth-order valence-electron chi connectivity index (χ4n) is 1.30. The molecule has 1 aromatic heterocycles. The molecule has 0 bridgehead atoms. The third kappa shape index (κ3) is 3.29. The highest BCUT2D eigenvalue weighted by Gasteiger charge is 2.04. The Morgan fingerprint density at radius 1 is 1.24 bits per heavy atom. The van der Waals surface area contributed by atoms with Gasteiger partial charge in [-0.15, -0.1) is 11.3 Å². The first-order valence-electron chi connectivity index (χ1n) is 5.02. The summed E-state index contributed by atoms with van der Waals surface area (Å²) in [6.07, 6.45) is 0. The van der Waals surface area contributed by atoms with Gasteiger partial charge in [0.25, 0.3) is 0 Å². The zero-order valence-electron chi connectivity index (χ0n) is 9.16. The van der Waals surface area contributed by atoms with E-state index in [0.717, 1.165) is 10.6 Å². The van der Waals surface area contributed by atoms with Crippen LogP contribution >= 0.6 is 11.3 Å². The van der Waals surface area contributed by atoms with E-state index in [1.165, 1.54) is 35.6 Å². The third-order valence-electron chi connectivity index (χ3n) is 2.07. The lowest BCUT2D eigenvalue weighted by Gasteiger charge is -2.05. The molecule has 0 spiro atoms. The third-order valence-corrected chi connectivity index (χ3v) is 3.03. The van der Waals surface area contributed by atoms with E-state index in [4.69, 9.17) is 0 Å². The molecular weight excluding hydrogens is 239 g/mol. The molecule has 2 N–H and O–H groups in total. The average Bonchev–Trinajstić information content (AvgIpc) is 2.67. The molecule has 1 aromatic carbocycles. The van der Waals surface area contributed by atoms with E-state index in [0.29, 0.717) is 5.69 Å². The van der Waals surface area contributed by atoms with Crippen LogP contribution in [0.4, 0.5) is 19.9 Å². The largest absolute Gasteiger partial charge is 0.324 e. The van der Waals surface area contributed by atoms with Crippen molar-refractivity contribution >= 4 is 28.1 Å². The van der Waals surface area contributed by atoms with Gasteiger partial charge in [0.1, 0.15) is 5.82 Å². The van der Waals surface area contributed by atoms with Crippen LogP contribution in [0.5, 0.6) is 0 Å². The molecule has 0 radical (unpaired) electrons. The van der Waals surface area contributed by atoms with E-state index in [1.807, 2.05) is 18.4 Å². The fraction of sp³-hybridized carbons (Fsp3) is 0.0833. The molecule has 5 heteroatoms. The number of amides is 2. The molecule has 0 unspecified atom stereocenters. The van der Waals surface area contributed by atoms with Gasteiger partial charge in [-0.25, -0.2) is 9.18 Å². The Balaban J connectivity index is 1.95. The lowest BCUT2D eigenvalue weighted by molar-refractivity contribution is 0.262. The summed E-state index contributed by atoms with van der Waals surface area (Å²) in [4.78, 5) is 11.6. The molecule has 2 amide bonds. The molecule has 0 fully saturated rings. The Morgan fingerprint density at radius 3 is 2.53 bits per heavy atom. The summed E-state index contributed by atoms with van der Waals surface area (Å²) in [7, 11) is 0. The molecule has 17 heavy (non-hydrogen) atoms. The van der Waals surface area contributed by atoms with Crippen LogP contribution in [0.15, 0.2) is 35.7 Å². The van der Waals surface area contributed by atoms with E-state index < -0.39 is 0 Å². The Kier molecular flexibility index (Phi) is 3.39. The van der Waals surface area contributed by atoms with Crippen LogP contribution in [0.1, 0.15) is 5.56 Å². The second-order valence-electron chi connectivity index (χ2n) is 3.57. The van der Waals surface area contributed by atoms with Crippen molar-refractivity contribution in [3.8, 4) is 0 Å².